The maximum Gasteiger partial charge on any atom is 0.338 e. The lowest BCUT2D eigenvalue weighted by molar-refractivity contribution is 0.0600. The Kier molecular flexibility index (Phi) is 4.53. The molecule has 2 rings (SSSR count). The molecule has 19 heavy (non-hydrogen) atoms. The minimum absolute atomic E-state index is 0.323. The molecule has 2 aromatic rings. The highest BCUT2D eigenvalue weighted by Gasteiger charge is 2.08. The molecule has 0 aliphatic rings. The van der Waals surface area contributed by atoms with E-state index in [9.17, 15) is 4.79 Å². The average Bonchev–Trinajstić information content (AvgIpc) is 2.46. The van der Waals surface area contributed by atoms with Crippen molar-refractivity contribution in [3.8, 4) is 0 Å². The van der Waals surface area contributed by atoms with E-state index in [1.807, 2.05) is 54.6 Å². The van der Waals surface area contributed by atoms with Gasteiger partial charge in [0.15, 0.2) is 0 Å². The van der Waals surface area contributed by atoms with Crippen LogP contribution in [-0.4, -0.2) is 13.1 Å². The zero-order valence-corrected chi connectivity index (χ0v) is 12.1. The minimum atomic E-state index is -0.323. The van der Waals surface area contributed by atoms with Gasteiger partial charge in [0.2, 0.25) is 0 Å². The van der Waals surface area contributed by atoms with Gasteiger partial charge in [-0.2, -0.15) is 0 Å². The summed E-state index contributed by atoms with van der Waals surface area (Å²) in [6.45, 7) is 0. The van der Waals surface area contributed by atoms with Crippen LogP contribution in [0.15, 0.2) is 53.0 Å². The van der Waals surface area contributed by atoms with Crippen molar-refractivity contribution in [1.82, 2.24) is 0 Å². The number of methoxy groups -OCH3 is 1. The minimum Gasteiger partial charge on any atom is -0.465 e. The third-order valence-corrected chi connectivity index (χ3v) is 3.22. The van der Waals surface area contributed by atoms with Crippen LogP contribution in [0.25, 0.3) is 12.2 Å². The Balaban J connectivity index is 2.28. The van der Waals surface area contributed by atoms with Crippen molar-refractivity contribution in [3.63, 3.8) is 0 Å². The Hall–Kier alpha value is -1.87. The number of hydrogen-bond acceptors (Lipinski definition) is 2. The normalized spacial score (nSPS) is 10.6. The largest absolute Gasteiger partial charge is 0.465 e. The monoisotopic (exact) mass is 316 g/mol. The van der Waals surface area contributed by atoms with Crippen molar-refractivity contribution < 1.29 is 9.53 Å². The highest BCUT2D eigenvalue weighted by molar-refractivity contribution is 9.10. The second-order valence-corrected chi connectivity index (χ2v) is 4.88. The van der Waals surface area contributed by atoms with Gasteiger partial charge in [-0.3, -0.25) is 0 Å². The molecule has 0 heterocycles. The molecule has 0 radical (unpaired) electrons. The van der Waals surface area contributed by atoms with E-state index in [1.165, 1.54) is 7.11 Å². The summed E-state index contributed by atoms with van der Waals surface area (Å²) in [6, 6.07) is 15.3. The Morgan fingerprint density at radius 3 is 2.42 bits per heavy atom. The van der Waals surface area contributed by atoms with Gasteiger partial charge in [0.05, 0.1) is 12.7 Å². The van der Waals surface area contributed by atoms with Crippen LogP contribution in [0.2, 0.25) is 0 Å². The lowest BCUT2D eigenvalue weighted by Crippen LogP contribution is -2.02. The summed E-state index contributed by atoms with van der Waals surface area (Å²) >= 11 is 3.40. The summed E-state index contributed by atoms with van der Waals surface area (Å²) in [5.74, 6) is -0.323. The number of benzene rings is 2. The molecule has 0 spiro atoms. The predicted molar refractivity (Wildman–Crippen MR) is 80.9 cm³/mol. The van der Waals surface area contributed by atoms with Crippen LogP contribution in [0.5, 0.6) is 0 Å². The molecule has 0 amide bonds. The van der Waals surface area contributed by atoms with Crippen LogP contribution in [-0.2, 0) is 4.74 Å². The van der Waals surface area contributed by atoms with E-state index in [0.717, 1.165) is 15.6 Å². The first-order valence-corrected chi connectivity index (χ1v) is 6.61. The molecule has 2 nitrogen and oxygen atoms in total. The SMILES string of the molecule is COC(=O)c1ccccc1/C=C/c1ccc(Br)cc1. The highest BCUT2D eigenvalue weighted by atomic mass is 79.9. The molecular formula is C16H13BrO2. The van der Waals surface area contributed by atoms with Crippen LogP contribution < -0.4 is 0 Å². The van der Waals surface area contributed by atoms with Crippen molar-refractivity contribution in [1.29, 1.82) is 0 Å². The van der Waals surface area contributed by atoms with Gasteiger partial charge < -0.3 is 4.74 Å². The van der Waals surface area contributed by atoms with Crippen molar-refractivity contribution in [2.24, 2.45) is 0 Å². The Morgan fingerprint density at radius 2 is 1.74 bits per heavy atom. The Labute approximate surface area is 120 Å². The summed E-state index contributed by atoms with van der Waals surface area (Å²) in [7, 11) is 1.39. The summed E-state index contributed by atoms with van der Waals surface area (Å²) in [6.07, 6.45) is 3.88. The van der Waals surface area contributed by atoms with E-state index >= 15 is 0 Å². The number of halogens is 1. The van der Waals surface area contributed by atoms with E-state index in [2.05, 4.69) is 15.9 Å². The first kappa shape index (κ1) is 13.6. The van der Waals surface area contributed by atoms with Crippen molar-refractivity contribution >= 4 is 34.1 Å². The number of rotatable bonds is 3. The first-order chi connectivity index (χ1) is 9.20. The number of ether oxygens (including phenoxy) is 1. The number of carbonyl (C=O) groups is 1. The smallest absolute Gasteiger partial charge is 0.338 e. The van der Waals surface area contributed by atoms with Crippen LogP contribution in [0.4, 0.5) is 0 Å². The standard InChI is InChI=1S/C16H13BrO2/c1-19-16(18)15-5-3-2-4-13(15)9-6-12-7-10-14(17)11-8-12/h2-11H,1H3/b9-6+. The van der Waals surface area contributed by atoms with Gasteiger partial charge in [-0.1, -0.05) is 58.4 Å². The number of hydrogen-bond donors (Lipinski definition) is 0. The maximum absolute atomic E-state index is 11.6. The number of esters is 1. The topological polar surface area (TPSA) is 26.3 Å². The molecule has 0 unspecified atom stereocenters. The third kappa shape index (κ3) is 3.55. The van der Waals surface area contributed by atoms with Gasteiger partial charge >= 0.3 is 5.97 Å². The molecule has 3 heteroatoms. The predicted octanol–water partition coefficient (Wildman–Crippen LogP) is 4.41. The molecule has 0 aliphatic heterocycles. The van der Waals surface area contributed by atoms with Gasteiger partial charge in [0.1, 0.15) is 0 Å². The molecule has 0 saturated carbocycles. The van der Waals surface area contributed by atoms with E-state index in [0.29, 0.717) is 5.56 Å². The van der Waals surface area contributed by atoms with Gasteiger partial charge in [0.25, 0.3) is 0 Å². The zero-order chi connectivity index (χ0) is 13.7. The molecule has 0 bridgehead atoms. The second-order valence-electron chi connectivity index (χ2n) is 3.96. The van der Waals surface area contributed by atoms with Crippen molar-refractivity contribution in [2.75, 3.05) is 7.11 Å². The Bertz CT molecular complexity index is 600. The van der Waals surface area contributed by atoms with Gasteiger partial charge in [-0.15, -0.1) is 0 Å². The van der Waals surface area contributed by atoms with Gasteiger partial charge in [-0.25, -0.2) is 4.79 Å². The fourth-order valence-electron chi connectivity index (χ4n) is 1.70. The van der Waals surface area contributed by atoms with Crippen LogP contribution >= 0.6 is 15.9 Å². The summed E-state index contributed by atoms with van der Waals surface area (Å²) in [4.78, 5) is 11.6. The summed E-state index contributed by atoms with van der Waals surface area (Å²) < 4.78 is 5.81. The number of carbonyl (C=O) groups excluding carboxylic acids is 1. The first-order valence-electron chi connectivity index (χ1n) is 5.81. The van der Waals surface area contributed by atoms with E-state index in [-0.39, 0.29) is 5.97 Å². The molecular weight excluding hydrogens is 304 g/mol. The molecule has 0 atom stereocenters. The van der Waals surface area contributed by atoms with Crippen LogP contribution in [0.3, 0.4) is 0 Å². The lowest BCUT2D eigenvalue weighted by Gasteiger charge is -2.03. The maximum atomic E-state index is 11.6. The quantitative estimate of drug-likeness (QED) is 0.619. The summed E-state index contributed by atoms with van der Waals surface area (Å²) in [5, 5.41) is 0. The molecule has 0 fully saturated rings. The van der Waals surface area contributed by atoms with E-state index < -0.39 is 0 Å². The molecule has 0 N–H and O–H groups in total. The fourth-order valence-corrected chi connectivity index (χ4v) is 1.96. The summed E-state index contributed by atoms with van der Waals surface area (Å²) in [5.41, 5.74) is 2.48. The second kappa shape index (κ2) is 6.34. The molecule has 96 valence electrons. The lowest BCUT2D eigenvalue weighted by atomic mass is 10.1. The van der Waals surface area contributed by atoms with Crippen molar-refractivity contribution in [2.45, 2.75) is 0 Å². The van der Waals surface area contributed by atoms with E-state index in [1.54, 1.807) is 6.07 Å². The highest BCUT2D eigenvalue weighted by Crippen LogP contribution is 2.16. The fraction of sp³-hybridized carbons (Fsp3) is 0.0625. The van der Waals surface area contributed by atoms with Crippen LogP contribution in [0.1, 0.15) is 21.5 Å². The van der Waals surface area contributed by atoms with E-state index in [4.69, 9.17) is 4.74 Å². The van der Waals surface area contributed by atoms with Gasteiger partial charge in [-0.05, 0) is 29.3 Å². The molecule has 0 aliphatic carbocycles. The Morgan fingerprint density at radius 1 is 1.05 bits per heavy atom. The molecule has 0 saturated heterocycles. The third-order valence-electron chi connectivity index (χ3n) is 2.69. The van der Waals surface area contributed by atoms with Crippen molar-refractivity contribution in [3.05, 3.63) is 69.7 Å². The van der Waals surface area contributed by atoms with Gasteiger partial charge in [0, 0.05) is 4.47 Å². The average molecular weight is 317 g/mol. The van der Waals surface area contributed by atoms with Crippen LogP contribution in [0, 0.1) is 0 Å². The molecule has 2 aromatic carbocycles. The zero-order valence-electron chi connectivity index (χ0n) is 10.5. The molecule has 0 aromatic heterocycles.